The van der Waals surface area contributed by atoms with Crippen LogP contribution in [-0.4, -0.2) is 53.8 Å². The van der Waals surface area contributed by atoms with Crippen molar-refractivity contribution in [2.24, 2.45) is 0 Å². The Labute approximate surface area is 151 Å². The fourth-order valence-corrected chi connectivity index (χ4v) is 3.30. The summed E-state index contributed by atoms with van der Waals surface area (Å²) >= 11 is 6.04. The van der Waals surface area contributed by atoms with Gasteiger partial charge in [-0.3, -0.25) is 4.90 Å². The number of hydrogen-bond donors (Lipinski definition) is 1. The summed E-state index contributed by atoms with van der Waals surface area (Å²) in [6, 6.07) is 0.932. The highest BCUT2D eigenvalue weighted by atomic mass is 35.5. The van der Waals surface area contributed by atoms with Gasteiger partial charge in [0, 0.05) is 32.4 Å². The summed E-state index contributed by atoms with van der Waals surface area (Å²) in [6.07, 6.45) is -0.241. The standard InChI is InChI=1S/C17H25ClF3N3O/c1-2-3-5-14(25)12-23-6-4-7-24(9-8-23)16-15(18)10-13(11-22-16)17(19,20)21/h10-11,14,25H,2-9,12H2,1H3. The molecule has 1 N–H and O–H groups in total. The van der Waals surface area contributed by atoms with Gasteiger partial charge in [0.05, 0.1) is 16.7 Å². The first-order valence-electron chi connectivity index (χ1n) is 8.69. The second-order valence-corrected chi connectivity index (χ2v) is 6.87. The number of hydrogen-bond acceptors (Lipinski definition) is 4. The van der Waals surface area contributed by atoms with Crippen molar-refractivity contribution in [3.63, 3.8) is 0 Å². The zero-order chi connectivity index (χ0) is 18.4. The van der Waals surface area contributed by atoms with Crippen molar-refractivity contribution in [1.82, 2.24) is 9.88 Å². The molecule has 1 atom stereocenters. The molecule has 1 aliphatic rings. The molecule has 0 amide bonds. The van der Waals surface area contributed by atoms with Gasteiger partial charge in [-0.1, -0.05) is 31.4 Å². The lowest BCUT2D eigenvalue weighted by Gasteiger charge is -2.25. The van der Waals surface area contributed by atoms with Crippen LogP contribution in [-0.2, 0) is 6.18 Å². The van der Waals surface area contributed by atoms with Gasteiger partial charge < -0.3 is 10.0 Å². The maximum Gasteiger partial charge on any atom is 0.417 e. The molecular formula is C17H25ClF3N3O. The summed E-state index contributed by atoms with van der Waals surface area (Å²) in [7, 11) is 0. The molecule has 2 rings (SSSR count). The molecule has 0 radical (unpaired) electrons. The SMILES string of the molecule is CCCCC(O)CN1CCCN(c2ncc(C(F)(F)F)cc2Cl)CC1. The van der Waals surface area contributed by atoms with E-state index in [-0.39, 0.29) is 11.1 Å². The van der Waals surface area contributed by atoms with E-state index in [0.717, 1.165) is 51.0 Å². The lowest BCUT2D eigenvalue weighted by atomic mass is 10.1. The molecule has 1 aromatic heterocycles. The third-order valence-corrected chi connectivity index (χ3v) is 4.68. The van der Waals surface area contributed by atoms with E-state index in [1.54, 1.807) is 0 Å². The fourth-order valence-electron chi connectivity index (χ4n) is 3.01. The maximum atomic E-state index is 12.7. The van der Waals surface area contributed by atoms with Gasteiger partial charge in [-0.05, 0) is 25.5 Å². The van der Waals surface area contributed by atoms with Crippen LogP contribution in [0.5, 0.6) is 0 Å². The van der Waals surface area contributed by atoms with Gasteiger partial charge in [-0.15, -0.1) is 0 Å². The van der Waals surface area contributed by atoms with E-state index in [4.69, 9.17) is 11.6 Å². The summed E-state index contributed by atoms with van der Waals surface area (Å²) in [5.41, 5.74) is -0.836. The highest BCUT2D eigenvalue weighted by molar-refractivity contribution is 6.33. The normalized spacial score (nSPS) is 18.2. The Balaban J connectivity index is 1.96. The highest BCUT2D eigenvalue weighted by Gasteiger charge is 2.32. The molecule has 25 heavy (non-hydrogen) atoms. The van der Waals surface area contributed by atoms with E-state index >= 15 is 0 Å². The smallest absolute Gasteiger partial charge is 0.392 e. The molecule has 0 aliphatic carbocycles. The van der Waals surface area contributed by atoms with Gasteiger partial charge in [-0.25, -0.2) is 4.98 Å². The van der Waals surface area contributed by atoms with Crippen LogP contribution in [0.2, 0.25) is 5.02 Å². The number of unbranched alkanes of at least 4 members (excludes halogenated alkanes) is 1. The minimum Gasteiger partial charge on any atom is -0.392 e. The van der Waals surface area contributed by atoms with Gasteiger partial charge in [-0.2, -0.15) is 13.2 Å². The van der Waals surface area contributed by atoms with E-state index in [0.29, 0.717) is 25.5 Å². The van der Waals surface area contributed by atoms with E-state index in [1.807, 2.05) is 4.90 Å². The van der Waals surface area contributed by atoms with Crippen LogP contribution in [0.1, 0.15) is 38.2 Å². The topological polar surface area (TPSA) is 39.6 Å². The van der Waals surface area contributed by atoms with Crippen LogP contribution in [0, 0.1) is 0 Å². The maximum absolute atomic E-state index is 12.7. The Bertz CT molecular complexity index is 556. The number of rotatable bonds is 6. The molecule has 4 nitrogen and oxygen atoms in total. The monoisotopic (exact) mass is 379 g/mol. The minimum absolute atomic E-state index is 0.0197. The van der Waals surface area contributed by atoms with Crippen LogP contribution < -0.4 is 4.90 Å². The average Bonchev–Trinajstić information content (AvgIpc) is 2.77. The third kappa shape index (κ3) is 6.01. The number of alkyl halides is 3. The fraction of sp³-hybridized carbons (Fsp3) is 0.706. The van der Waals surface area contributed by atoms with E-state index in [1.165, 1.54) is 0 Å². The first kappa shape index (κ1) is 20.3. The molecule has 1 unspecified atom stereocenters. The summed E-state index contributed by atoms with van der Waals surface area (Å²) in [4.78, 5) is 8.05. The minimum atomic E-state index is -4.45. The van der Waals surface area contributed by atoms with E-state index < -0.39 is 11.7 Å². The number of β-amino-alcohol motifs (C(OH)–C–C–N with tert-alkyl or cyclic N) is 1. The molecule has 0 spiro atoms. The van der Waals surface area contributed by atoms with Gasteiger partial charge >= 0.3 is 6.18 Å². The highest BCUT2D eigenvalue weighted by Crippen LogP contribution is 2.33. The van der Waals surface area contributed by atoms with Crippen molar-refractivity contribution >= 4 is 17.4 Å². The number of nitrogens with zero attached hydrogens (tertiary/aromatic N) is 3. The first-order chi connectivity index (χ1) is 11.8. The molecule has 1 saturated heterocycles. The zero-order valence-corrected chi connectivity index (χ0v) is 15.2. The van der Waals surface area contributed by atoms with Gasteiger partial charge in [0.25, 0.3) is 0 Å². The molecule has 142 valence electrons. The molecule has 2 heterocycles. The number of aliphatic hydroxyl groups excluding tert-OH is 1. The summed E-state index contributed by atoms with van der Waals surface area (Å²) in [5, 5.41) is 10.1. The Morgan fingerprint density at radius 1 is 1.28 bits per heavy atom. The molecule has 1 aromatic rings. The molecular weight excluding hydrogens is 355 g/mol. The second kappa shape index (κ2) is 9.05. The van der Waals surface area contributed by atoms with E-state index in [2.05, 4.69) is 16.8 Å². The van der Waals surface area contributed by atoms with Crippen LogP contribution in [0.25, 0.3) is 0 Å². The van der Waals surface area contributed by atoms with Gasteiger partial charge in [0.15, 0.2) is 0 Å². The second-order valence-electron chi connectivity index (χ2n) is 6.46. The van der Waals surface area contributed by atoms with Gasteiger partial charge in [0.1, 0.15) is 5.82 Å². The molecule has 1 aliphatic heterocycles. The van der Waals surface area contributed by atoms with Crippen molar-refractivity contribution < 1.29 is 18.3 Å². The summed E-state index contributed by atoms with van der Waals surface area (Å²) < 4.78 is 38.2. The summed E-state index contributed by atoms with van der Waals surface area (Å²) in [6.45, 7) is 5.59. The number of aliphatic hydroxyl groups is 1. The Morgan fingerprint density at radius 3 is 2.68 bits per heavy atom. The predicted molar refractivity (Wildman–Crippen MR) is 93.1 cm³/mol. The van der Waals surface area contributed by atoms with Crippen molar-refractivity contribution in [2.75, 3.05) is 37.6 Å². The third-order valence-electron chi connectivity index (χ3n) is 4.40. The van der Waals surface area contributed by atoms with Crippen LogP contribution in [0.4, 0.5) is 19.0 Å². The van der Waals surface area contributed by atoms with Crippen LogP contribution in [0.3, 0.4) is 0 Å². The van der Waals surface area contributed by atoms with Gasteiger partial charge in [0.2, 0.25) is 0 Å². The Morgan fingerprint density at radius 2 is 2.04 bits per heavy atom. The quantitative estimate of drug-likeness (QED) is 0.815. The Kier molecular flexibility index (Phi) is 7.34. The lowest BCUT2D eigenvalue weighted by molar-refractivity contribution is -0.137. The lowest BCUT2D eigenvalue weighted by Crippen LogP contribution is -2.36. The number of anilines is 1. The van der Waals surface area contributed by atoms with Crippen molar-refractivity contribution in [1.29, 1.82) is 0 Å². The van der Waals surface area contributed by atoms with E-state index in [9.17, 15) is 18.3 Å². The largest absolute Gasteiger partial charge is 0.417 e. The zero-order valence-electron chi connectivity index (χ0n) is 14.4. The molecule has 0 saturated carbocycles. The average molecular weight is 380 g/mol. The predicted octanol–water partition coefficient (Wildman–Crippen LogP) is 3.82. The number of halogens is 4. The number of pyridine rings is 1. The summed E-state index contributed by atoms with van der Waals surface area (Å²) in [5.74, 6) is 0.392. The molecule has 0 aromatic carbocycles. The molecule has 8 heteroatoms. The first-order valence-corrected chi connectivity index (χ1v) is 9.07. The number of aromatic nitrogens is 1. The van der Waals surface area contributed by atoms with Crippen LogP contribution in [0.15, 0.2) is 12.3 Å². The van der Waals surface area contributed by atoms with Crippen molar-refractivity contribution in [3.8, 4) is 0 Å². The van der Waals surface area contributed by atoms with Crippen LogP contribution >= 0.6 is 11.6 Å². The molecule has 0 bridgehead atoms. The van der Waals surface area contributed by atoms with Crippen molar-refractivity contribution in [2.45, 2.75) is 44.9 Å². The Hall–Kier alpha value is -1.05. The van der Waals surface area contributed by atoms with Crippen molar-refractivity contribution in [3.05, 3.63) is 22.8 Å². The molecule has 1 fully saturated rings.